The molecule has 0 amide bonds. The monoisotopic (exact) mass is 224 g/mol. The Hall–Kier alpha value is -1.78. The van der Waals surface area contributed by atoms with Gasteiger partial charge >= 0.3 is 5.97 Å². The van der Waals surface area contributed by atoms with Crippen molar-refractivity contribution in [1.82, 2.24) is 4.98 Å². The Morgan fingerprint density at radius 1 is 1.56 bits per heavy atom. The Morgan fingerprint density at radius 3 is 2.75 bits per heavy atom. The summed E-state index contributed by atoms with van der Waals surface area (Å²) >= 11 is 0. The standard InChI is InChI=1S/C11H16N2O3/c1-3-9(11(14)15)13-8-5-6-10(12-7-8)16-4-2/h5-7,9,13H,3-4H2,1-2H3,(H,14,15). The van der Waals surface area contributed by atoms with Crippen molar-refractivity contribution in [2.45, 2.75) is 26.3 Å². The summed E-state index contributed by atoms with van der Waals surface area (Å²) in [6.07, 6.45) is 2.08. The zero-order chi connectivity index (χ0) is 12.0. The second kappa shape index (κ2) is 5.95. The number of pyridine rings is 1. The van der Waals surface area contributed by atoms with Crippen LogP contribution in [0.3, 0.4) is 0 Å². The van der Waals surface area contributed by atoms with Crippen LogP contribution < -0.4 is 10.1 Å². The van der Waals surface area contributed by atoms with Gasteiger partial charge in [0.1, 0.15) is 6.04 Å². The van der Waals surface area contributed by atoms with E-state index in [2.05, 4.69) is 10.3 Å². The van der Waals surface area contributed by atoms with Crippen molar-refractivity contribution >= 4 is 11.7 Å². The third-order valence-corrected chi connectivity index (χ3v) is 2.08. The SMILES string of the molecule is CCOc1ccc(NC(CC)C(=O)O)cn1. The molecule has 1 rings (SSSR count). The molecule has 0 spiro atoms. The Bertz CT molecular complexity index is 338. The molecule has 5 nitrogen and oxygen atoms in total. The van der Waals surface area contributed by atoms with Crippen molar-refractivity contribution in [1.29, 1.82) is 0 Å². The molecule has 1 atom stereocenters. The number of aliphatic carboxylic acids is 1. The van der Waals surface area contributed by atoms with Gasteiger partial charge in [0.15, 0.2) is 0 Å². The minimum absolute atomic E-state index is 0.516. The van der Waals surface area contributed by atoms with E-state index in [4.69, 9.17) is 9.84 Å². The van der Waals surface area contributed by atoms with E-state index in [-0.39, 0.29) is 0 Å². The average Bonchev–Trinajstić information content (AvgIpc) is 2.28. The van der Waals surface area contributed by atoms with Gasteiger partial charge in [0.2, 0.25) is 5.88 Å². The van der Waals surface area contributed by atoms with Crippen LogP contribution in [0, 0.1) is 0 Å². The highest BCUT2D eigenvalue weighted by Gasteiger charge is 2.14. The topological polar surface area (TPSA) is 71.5 Å². The van der Waals surface area contributed by atoms with Gasteiger partial charge in [-0.05, 0) is 19.4 Å². The van der Waals surface area contributed by atoms with E-state index < -0.39 is 12.0 Å². The van der Waals surface area contributed by atoms with Gasteiger partial charge in [0, 0.05) is 6.07 Å². The lowest BCUT2D eigenvalue weighted by Gasteiger charge is -2.13. The molecule has 1 aromatic rings. The summed E-state index contributed by atoms with van der Waals surface area (Å²) in [6, 6.07) is 2.88. The predicted molar refractivity (Wildman–Crippen MR) is 60.7 cm³/mol. The molecule has 0 radical (unpaired) electrons. The third kappa shape index (κ3) is 3.42. The van der Waals surface area contributed by atoms with Crippen molar-refractivity contribution in [3.05, 3.63) is 18.3 Å². The van der Waals surface area contributed by atoms with Crippen LogP contribution >= 0.6 is 0 Å². The van der Waals surface area contributed by atoms with E-state index in [1.54, 1.807) is 18.3 Å². The van der Waals surface area contributed by atoms with Crippen LogP contribution in [-0.4, -0.2) is 28.7 Å². The minimum atomic E-state index is -0.864. The van der Waals surface area contributed by atoms with Crippen molar-refractivity contribution in [3.8, 4) is 5.88 Å². The number of anilines is 1. The lowest BCUT2D eigenvalue weighted by molar-refractivity contribution is -0.137. The number of rotatable bonds is 6. The second-order valence-corrected chi connectivity index (χ2v) is 3.26. The number of ether oxygens (including phenoxy) is 1. The Kier molecular flexibility index (Phi) is 4.57. The zero-order valence-corrected chi connectivity index (χ0v) is 9.43. The highest BCUT2D eigenvalue weighted by molar-refractivity contribution is 5.77. The van der Waals surface area contributed by atoms with Crippen LogP contribution in [-0.2, 0) is 4.79 Å². The van der Waals surface area contributed by atoms with Crippen LogP contribution in [0.15, 0.2) is 18.3 Å². The summed E-state index contributed by atoms with van der Waals surface area (Å²) in [4.78, 5) is 14.8. The van der Waals surface area contributed by atoms with Crippen LogP contribution in [0.25, 0.3) is 0 Å². The fourth-order valence-electron chi connectivity index (χ4n) is 1.24. The quantitative estimate of drug-likeness (QED) is 0.770. The van der Waals surface area contributed by atoms with Gasteiger partial charge in [-0.1, -0.05) is 6.92 Å². The number of carboxylic acid groups (broad SMARTS) is 1. The largest absolute Gasteiger partial charge is 0.480 e. The van der Waals surface area contributed by atoms with Crippen LogP contribution in [0.1, 0.15) is 20.3 Å². The predicted octanol–water partition coefficient (Wildman–Crippen LogP) is 1.76. The van der Waals surface area contributed by atoms with Gasteiger partial charge in [0.05, 0.1) is 18.5 Å². The molecule has 5 heteroatoms. The van der Waals surface area contributed by atoms with Crippen LogP contribution in [0.4, 0.5) is 5.69 Å². The number of carbonyl (C=O) groups is 1. The van der Waals surface area contributed by atoms with Gasteiger partial charge in [-0.2, -0.15) is 0 Å². The summed E-state index contributed by atoms with van der Waals surface area (Å²) in [5.41, 5.74) is 0.678. The first kappa shape index (κ1) is 12.3. The first-order valence-corrected chi connectivity index (χ1v) is 5.25. The maximum absolute atomic E-state index is 10.8. The molecule has 16 heavy (non-hydrogen) atoms. The molecule has 1 heterocycles. The number of nitrogens with zero attached hydrogens (tertiary/aromatic N) is 1. The molecule has 1 aromatic heterocycles. The zero-order valence-electron chi connectivity index (χ0n) is 9.43. The number of aromatic nitrogens is 1. The van der Waals surface area contributed by atoms with Crippen molar-refractivity contribution < 1.29 is 14.6 Å². The Labute approximate surface area is 94.5 Å². The number of carboxylic acids is 1. The average molecular weight is 224 g/mol. The molecule has 1 unspecified atom stereocenters. The van der Waals surface area contributed by atoms with Crippen molar-refractivity contribution in [2.75, 3.05) is 11.9 Å². The minimum Gasteiger partial charge on any atom is -0.480 e. The lowest BCUT2D eigenvalue weighted by atomic mass is 10.2. The normalized spacial score (nSPS) is 11.9. The van der Waals surface area contributed by atoms with E-state index in [1.165, 1.54) is 0 Å². The van der Waals surface area contributed by atoms with Gasteiger partial charge in [-0.25, -0.2) is 9.78 Å². The molecule has 0 aliphatic carbocycles. The maximum Gasteiger partial charge on any atom is 0.326 e. The molecule has 0 aromatic carbocycles. The Balaban J connectivity index is 2.63. The van der Waals surface area contributed by atoms with Gasteiger partial charge in [-0.3, -0.25) is 0 Å². The summed E-state index contributed by atoms with van der Waals surface area (Å²) in [6.45, 7) is 4.26. The summed E-state index contributed by atoms with van der Waals surface area (Å²) in [7, 11) is 0. The molecule has 0 fully saturated rings. The van der Waals surface area contributed by atoms with E-state index in [9.17, 15) is 4.79 Å². The molecule has 0 saturated carbocycles. The van der Waals surface area contributed by atoms with Crippen LogP contribution in [0.5, 0.6) is 5.88 Å². The highest BCUT2D eigenvalue weighted by Crippen LogP contribution is 2.13. The smallest absolute Gasteiger partial charge is 0.326 e. The number of nitrogens with one attached hydrogen (secondary N) is 1. The fraction of sp³-hybridized carbons (Fsp3) is 0.455. The Morgan fingerprint density at radius 2 is 2.31 bits per heavy atom. The molecule has 0 aliphatic heterocycles. The van der Waals surface area contributed by atoms with E-state index in [1.807, 2.05) is 13.8 Å². The molecular formula is C11H16N2O3. The third-order valence-electron chi connectivity index (χ3n) is 2.08. The summed E-state index contributed by atoms with van der Waals surface area (Å²) in [5, 5.41) is 11.7. The van der Waals surface area contributed by atoms with Gasteiger partial charge in [0.25, 0.3) is 0 Å². The van der Waals surface area contributed by atoms with E-state index >= 15 is 0 Å². The molecule has 0 saturated heterocycles. The van der Waals surface area contributed by atoms with Gasteiger partial charge < -0.3 is 15.2 Å². The molecular weight excluding hydrogens is 208 g/mol. The van der Waals surface area contributed by atoms with Gasteiger partial charge in [-0.15, -0.1) is 0 Å². The number of hydrogen-bond donors (Lipinski definition) is 2. The first-order chi connectivity index (χ1) is 7.67. The number of hydrogen-bond acceptors (Lipinski definition) is 4. The maximum atomic E-state index is 10.8. The molecule has 0 aliphatic rings. The van der Waals surface area contributed by atoms with Crippen LogP contribution in [0.2, 0.25) is 0 Å². The first-order valence-electron chi connectivity index (χ1n) is 5.25. The van der Waals surface area contributed by atoms with E-state index in [0.29, 0.717) is 24.6 Å². The summed E-state index contributed by atoms with van der Waals surface area (Å²) < 4.78 is 5.18. The second-order valence-electron chi connectivity index (χ2n) is 3.26. The molecule has 2 N–H and O–H groups in total. The lowest BCUT2D eigenvalue weighted by Crippen LogP contribution is -2.28. The molecule has 88 valence electrons. The molecule has 0 bridgehead atoms. The summed E-state index contributed by atoms with van der Waals surface area (Å²) in [5.74, 6) is -0.326. The highest BCUT2D eigenvalue weighted by atomic mass is 16.5. The fourth-order valence-corrected chi connectivity index (χ4v) is 1.24. The van der Waals surface area contributed by atoms with Crippen molar-refractivity contribution in [3.63, 3.8) is 0 Å². The van der Waals surface area contributed by atoms with Crippen molar-refractivity contribution in [2.24, 2.45) is 0 Å². The van der Waals surface area contributed by atoms with E-state index in [0.717, 1.165) is 0 Å².